The summed E-state index contributed by atoms with van der Waals surface area (Å²) in [7, 11) is 0. The summed E-state index contributed by atoms with van der Waals surface area (Å²) >= 11 is 1.77. The van der Waals surface area contributed by atoms with E-state index in [0.29, 0.717) is 19.6 Å². The molecule has 41 heavy (non-hydrogen) atoms. The molecule has 0 saturated carbocycles. The second-order valence-corrected chi connectivity index (χ2v) is 12.7. The number of hydrogen-bond acceptors (Lipinski definition) is 10. The molecule has 0 radical (unpaired) electrons. The number of hydrogen-bond donors (Lipinski definition) is 1. The molecule has 3 aromatic rings. The zero-order valence-electron chi connectivity index (χ0n) is 23.6. The third-order valence-corrected chi connectivity index (χ3v) is 9.33. The lowest BCUT2D eigenvalue weighted by Crippen LogP contribution is -2.56. The monoisotopic (exact) mass is 574 g/mol. The fourth-order valence-corrected chi connectivity index (χ4v) is 7.16. The normalized spacial score (nSPS) is 23.7. The van der Waals surface area contributed by atoms with Gasteiger partial charge >= 0.3 is 0 Å². The van der Waals surface area contributed by atoms with Crippen LogP contribution in [-0.4, -0.2) is 58.5 Å². The van der Waals surface area contributed by atoms with Gasteiger partial charge in [-0.3, -0.25) is 9.78 Å². The Labute approximate surface area is 244 Å². The maximum absolute atomic E-state index is 12.3. The topological polar surface area (TPSA) is 92.3 Å². The van der Waals surface area contributed by atoms with E-state index in [4.69, 9.17) is 19.5 Å². The van der Waals surface area contributed by atoms with Crippen LogP contribution in [0.15, 0.2) is 48.9 Å². The van der Waals surface area contributed by atoms with Gasteiger partial charge in [0.2, 0.25) is 5.91 Å². The summed E-state index contributed by atoms with van der Waals surface area (Å²) in [6, 6.07) is 10.2. The zero-order chi connectivity index (χ0) is 28.2. The molecule has 0 aliphatic carbocycles. The van der Waals surface area contributed by atoms with E-state index >= 15 is 0 Å². The van der Waals surface area contributed by atoms with Gasteiger partial charge in [0.25, 0.3) is 0 Å². The first-order valence-electron chi connectivity index (χ1n) is 14.1. The Balaban J connectivity index is 1.14. The van der Waals surface area contributed by atoms with Crippen LogP contribution >= 0.6 is 11.9 Å². The molecule has 214 valence electrons. The maximum Gasteiger partial charge on any atom is 0.227 e. The van der Waals surface area contributed by atoms with E-state index in [2.05, 4.69) is 52.6 Å². The first-order valence-corrected chi connectivity index (χ1v) is 15.1. The van der Waals surface area contributed by atoms with Gasteiger partial charge in [-0.05, 0) is 69.8 Å². The highest BCUT2D eigenvalue weighted by atomic mass is 32.2. The van der Waals surface area contributed by atoms with E-state index < -0.39 is 5.60 Å². The van der Waals surface area contributed by atoms with Gasteiger partial charge < -0.3 is 15.0 Å². The van der Waals surface area contributed by atoms with Gasteiger partial charge in [0.15, 0.2) is 0 Å². The number of rotatable bonds is 5. The number of benzene rings is 1. The molecule has 6 heterocycles. The second-order valence-electron chi connectivity index (χ2n) is 11.7. The first kappa shape index (κ1) is 26.5. The Bertz CT molecular complexity index is 1490. The smallest absolute Gasteiger partial charge is 0.227 e. The Hall–Kier alpha value is -3.38. The third kappa shape index (κ3) is 4.80. The number of pyridine rings is 2. The van der Waals surface area contributed by atoms with Gasteiger partial charge in [0.1, 0.15) is 23.8 Å². The SMILES string of the molecule is CC1(C)Oc2cc(N3CCCC3=O)ccc2-c2cnc(Nc3cncc(N4SCCN4C4(C)CCOOC4)c3)cc21. The highest BCUT2D eigenvalue weighted by Gasteiger charge is 2.42. The number of nitrogens with zero attached hydrogens (tertiary/aromatic N) is 5. The van der Waals surface area contributed by atoms with Gasteiger partial charge in [-0.1, -0.05) is 0 Å². The summed E-state index contributed by atoms with van der Waals surface area (Å²) in [5.74, 6) is 2.65. The molecule has 1 aromatic carbocycles. The van der Waals surface area contributed by atoms with E-state index in [-0.39, 0.29) is 11.4 Å². The van der Waals surface area contributed by atoms with Crippen molar-refractivity contribution in [2.24, 2.45) is 0 Å². The average molecular weight is 575 g/mol. The minimum absolute atomic E-state index is 0.141. The fraction of sp³-hybridized carbons (Fsp3) is 0.433. The summed E-state index contributed by atoms with van der Waals surface area (Å²) in [6.07, 6.45) is 7.99. The predicted molar refractivity (Wildman–Crippen MR) is 159 cm³/mol. The van der Waals surface area contributed by atoms with Gasteiger partial charge in [-0.25, -0.2) is 24.2 Å². The van der Waals surface area contributed by atoms with Crippen LogP contribution in [0.5, 0.6) is 5.75 Å². The van der Waals surface area contributed by atoms with Crippen LogP contribution in [0, 0.1) is 0 Å². The van der Waals surface area contributed by atoms with Crippen molar-refractivity contribution >= 4 is 40.7 Å². The third-order valence-electron chi connectivity index (χ3n) is 8.31. The second kappa shape index (κ2) is 10.2. The molecule has 11 heteroatoms. The maximum atomic E-state index is 12.3. The molecule has 7 rings (SSSR count). The molecular formula is C30H34N6O4S. The van der Waals surface area contributed by atoms with Crippen LogP contribution in [0.25, 0.3) is 11.1 Å². The van der Waals surface area contributed by atoms with Crippen molar-refractivity contribution in [1.82, 2.24) is 15.0 Å². The van der Waals surface area contributed by atoms with Crippen molar-refractivity contribution in [2.75, 3.05) is 46.7 Å². The fourth-order valence-electron chi connectivity index (χ4n) is 6.06. The van der Waals surface area contributed by atoms with Crippen LogP contribution in [-0.2, 0) is 20.2 Å². The van der Waals surface area contributed by atoms with E-state index in [1.807, 2.05) is 41.7 Å². The number of nitrogens with one attached hydrogen (secondary N) is 1. The molecule has 3 fully saturated rings. The van der Waals surface area contributed by atoms with Crippen molar-refractivity contribution in [3.63, 3.8) is 0 Å². The summed E-state index contributed by atoms with van der Waals surface area (Å²) in [5.41, 5.74) is 5.07. The lowest BCUT2D eigenvalue weighted by molar-refractivity contribution is -0.337. The van der Waals surface area contributed by atoms with Gasteiger partial charge in [0.05, 0.1) is 35.9 Å². The highest BCUT2D eigenvalue weighted by Crippen LogP contribution is 2.47. The standard InChI is InChI=1S/C30H34N6O4S/c1-29(2)25-15-27(32-18-24(25)23-7-6-21(14-26(23)40-29)34-9-4-5-28(34)37)33-20-13-22(17-31-16-20)36-35(10-12-41-36)30(3)8-11-38-39-19-30/h6-7,13-18H,4-5,8-12,19H2,1-3H3,(H,32,33). The van der Waals surface area contributed by atoms with E-state index in [1.165, 1.54) is 0 Å². The summed E-state index contributed by atoms with van der Waals surface area (Å²) in [6.45, 7) is 9.13. The molecule has 1 amide bonds. The molecule has 4 aliphatic rings. The minimum Gasteiger partial charge on any atom is -0.482 e. The van der Waals surface area contributed by atoms with Crippen LogP contribution in [0.1, 0.15) is 45.6 Å². The number of amides is 1. The highest BCUT2D eigenvalue weighted by molar-refractivity contribution is 8.00. The van der Waals surface area contributed by atoms with Gasteiger partial charge in [0, 0.05) is 59.9 Å². The number of carbonyl (C=O) groups is 1. The molecule has 1 N–H and O–H groups in total. The Morgan fingerprint density at radius 1 is 1.00 bits per heavy atom. The Morgan fingerprint density at radius 3 is 2.71 bits per heavy atom. The van der Waals surface area contributed by atoms with Crippen LogP contribution in [0.3, 0.4) is 0 Å². The average Bonchev–Trinajstić information content (AvgIpc) is 3.63. The number of carbonyl (C=O) groups excluding carboxylic acids is 1. The molecule has 0 bridgehead atoms. The molecule has 2 aromatic heterocycles. The minimum atomic E-state index is -0.580. The lowest BCUT2D eigenvalue weighted by Gasteiger charge is -2.44. The van der Waals surface area contributed by atoms with Gasteiger partial charge in [-0.2, -0.15) is 0 Å². The van der Waals surface area contributed by atoms with Crippen LogP contribution in [0.2, 0.25) is 0 Å². The molecule has 1 unspecified atom stereocenters. The van der Waals surface area contributed by atoms with Crippen molar-refractivity contribution in [1.29, 1.82) is 0 Å². The summed E-state index contributed by atoms with van der Waals surface area (Å²) in [4.78, 5) is 34.0. The largest absolute Gasteiger partial charge is 0.482 e. The van der Waals surface area contributed by atoms with Crippen LogP contribution < -0.4 is 19.4 Å². The summed E-state index contributed by atoms with van der Waals surface area (Å²) in [5, 5.41) is 5.82. The van der Waals surface area contributed by atoms with E-state index in [1.54, 1.807) is 11.9 Å². The first-order chi connectivity index (χ1) is 19.8. The van der Waals surface area contributed by atoms with E-state index in [9.17, 15) is 4.79 Å². The lowest BCUT2D eigenvalue weighted by atomic mass is 9.87. The molecule has 0 spiro atoms. The quantitative estimate of drug-likeness (QED) is 0.314. The number of anilines is 4. The summed E-state index contributed by atoms with van der Waals surface area (Å²) < 4.78 is 8.74. The Kier molecular flexibility index (Phi) is 6.57. The van der Waals surface area contributed by atoms with Crippen molar-refractivity contribution in [3.05, 3.63) is 54.5 Å². The number of hydrazine groups is 1. The van der Waals surface area contributed by atoms with Crippen molar-refractivity contribution in [3.8, 4) is 16.9 Å². The van der Waals surface area contributed by atoms with Crippen molar-refractivity contribution < 1.29 is 19.3 Å². The molecule has 10 nitrogen and oxygen atoms in total. The number of aromatic nitrogens is 2. The number of ether oxygens (including phenoxy) is 1. The molecule has 4 aliphatic heterocycles. The molecular weight excluding hydrogens is 540 g/mol. The van der Waals surface area contributed by atoms with E-state index in [0.717, 1.165) is 77.0 Å². The zero-order valence-corrected chi connectivity index (χ0v) is 24.4. The van der Waals surface area contributed by atoms with Gasteiger partial charge in [-0.15, -0.1) is 0 Å². The molecule has 3 saturated heterocycles. The Morgan fingerprint density at radius 2 is 1.90 bits per heavy atom. The van der Waals surface area contributed by atoms with Crippen molar-refractivity contribution in [2.45, 2.75) is 51.2 Å². The van der Waals surface area contributed by atoms with Crippen LogP contribution in [0.4, 0.5) is 22.9 Å². The number of fused-ring (bicyclic) bond motifs is 3. The predicted octanol–water partition coefficient (Wildman–Crippen LogP) is 5.44. The molecule has 1 atom stereocenters.